The zero-order chi connectivity index (χ0) is 15.2. The van der Waals surface area contributed by atoms with Gasteiger partial charge in [-0.2, -0.15) is 0 Å². The number of aromatic hydroxyl groups is 1. The number of benzene rings is 1. The number of nitrogens with one attached hydrogen (secondary N) is 2. The normalized spacial score (nSPS) is 9.71. The molecule has 2 aromatic rings. The molecule has 0 aliphatic carbocycles. The predicted octanol–water partition coefficient (Wildman–Crippen LogP) is 1.88. The van der Waals surface area contributed by atoms with Crippen LogP contribution < -0.4 is 16.1 Å². The minimum Gasteiger partial charge on any atom is -0.503 e. The first-order valence-corrected chi connectivity index (χ1v) is 6.48. The SMILES string of the molecule is O=C(NC(=S)Nc1ccccc(=O)c1O)c1ccccc1. The van der Waals surface area contributed by atoms with Crippen molar-refractivity contribution in [2.45, 2.75) is 0 Å². The molecule has 0 fully saturated rings. The van der Waals surface area contributed by atoms with E-state index in [2.05, 4.69) is 10.6 Å². The molecular formula is C15H12N2O3S. The fourth-order valence-electron chi connectivity index (χ4n) is 1.60. The van der Waals surface area contributed by atoms with Gasteiger partial charge in [0.1, 0.15) is 0 Å². The van der Waals surface area contributed by atoms with Crippen molar-refractivity contribution in [1.82, 2.24) is 5.32 Å². The van der Waals surface area contributed by atoms with Crippen LogP contribution in [0.15, 0.2) is 59.4 Å². The maximum atomic E-state index is 11.9. The van der Waals surface area contributed by atoms with Crippen molar-refractivity contribution in [3.8, 4) is 5.75 Å². The summed E-state index contributed by atoms with van der Waals surface area (Å²) >= 11 is 4.99. The maximum absolute atomic E-state index is 11.9. The molecule has 0 unspecified atom stereocenters. The van der Waals surface area contributed by atoms with Gasteiger partial charge in [0.2, 0.25) is 5.43 Å². The molecule has 0 saturated heterocycles. The molecule has 3 N–H and O–H groups in total. The minimum absolute atomic E-state index is 0.00949. The van der Waals surface area contributed by atoms with Gasteiger partial charge in [-0.05, 0) is 36.5 Å². The Hall–Kier alpha value is -2.73. The summed E-state index contributed by atoms with van der Waals surface area (Å²) in [4.78, 5) is 23.3. The molecule has 0 radical (unpaired) electrons. The van der Waals surface area contributed by atoms with Crippen LogP contribution in [0.2, 0.25) is 0 Å². The standard InChI is InChI=1S/C15H12N2O3S/c18-12-9-5-4-8-11(13(12)19)16-15(21)17-14(20)10-6-2-1-3-7-10/h1-9H,(H3,16,17,18,19,20,21). The van der Waals surface area contributed by atoms with E-state index in [4.69, 9.17) is 12.2 Å². The summed E-state index contributed by atoms with van der Waals surface area (Å²) in [7, 11) is 0. The summed E-state index contributed by atoms with van der Waals surface area (Å²) in [6, 6.07) is 14.3. The summed E-state index contributed by atoms with van der Waals surface area (Å²) in [5.41, 5.74) is 0.0389. The summed E-state index contributed by atoms with van der Waals surface area (Å²) in [5, 5.41) is 14.8. The lowest BCUT2D eigenvalue weighted by Gasteiger charge is -2.09. The molecule has 0 bridgehead atoms. The van der Waals surface area contributed by atoms with Crippen molar-refractivity contribution < 1.29 is 9.90 Å². The number of carbonyl (C=O) groups excluding carboxylic acids is 1. The van der Waals surface area contributed by atoms with Crippen LogP contribution in [0.4, 0.5) is 5.69 Å². The van der Waals surface area contributed by atoms with Crippen LogP contribution in [0.3, 0.4) is 0 Å². The molecule has 0 atom stereocenters. The molecule has 0 saturated carbocycles. The van der Waals surface area contributed by atoms with Gasteiger partial charge in [0.15, 0.2) is 10.9 Å². The third-order valence-electron chi connectivity index (χ3n) is 2.62. The van der Waals surface area contributed by atoms with Crippen LogP contribution in [-0.2, 0) is 0 Å². The van der Waals surface area contributed by atoms with E-state index in [9.17, 15) is 14.7 Å². The molecular weight excluding hydrogens is 288 g/mol. The molecule has 0 spiro atoms. The lowest BCUT2D eigenvalue weighted by molar-refractivity contribution is 0.0977. The second-order valence-electron chi connectivity index (χ2n) is 4.12. The van der Waals surface area contributed by atoms with Crippen molar-refractivity contribution in [1.29, 1.82) is 0 Å². The van der Waals surface area contributed by atoms with Crippen molar-refractivity contribution in [3.63, 3.8) is 0 Å². The molecule has 21 heavy (non-hydrogen) atoms. The van der Waals surface area contributed by atoms with Crippen LogP contribution in [0.1, 0.15) is 10.4 Å². The predicted molar refractivity (Wildman–Crippen MR) is 84.5 cm³/mol. The first kappa shape index (κ1) is 14.7. The number of thiocarbonyl (C=S) groups is 1. The lowest BCUT2D eigenvalue weighted by Crippen LogP contribution is -2.34. The average Bonchev–Trinajstić information content (AvgIpc) is 2.64. The molecule has 5 nitrogen and oxygen atoms in total. The van der Waals surface area contributed by atoms with Crippen LogP contribution in [0.25, 0.3) is 0 Å². The Bertz CT molecular complexity index is 732. The van der Waals surface area contributed by atoms with E-state index in [0.29, 0.717) is 5.56 Å². The first-order chi connectivity index (χ1) is 10.1. The van der Waals surface area contributed by atoms with Gasteiger partial charge < -0.3 is 10.4 Å². The average molecular weight is 300 g/mol. The maximum Gasteiger partial charge on any atom is 0.257 e. The Labute approximate surface area is 126 Å². The van der Waals surface area contributed by atoms with Gasteiger partial charge >= 0.3 is 0 Å². The largest absolute Gasteiger partial charge is 0.503 e. The Morgan fingerprint density at radius 3 is 2.33 bits per heavy atom. The number of amides is 1. The Kier molecular flexibility index (Phi) is 4.63. The van der Waals surface area contributed by atoms with Gasteiger partial charge in [-0.25, -0.2) is 0 Å². The molecule has 0 heterocycles. The van der Waals surface area contributed by atoms with E-state index in [1.165, 1.54) is 18.2 Å². The molecule has 0 aliphatic heterocycles. The molecule has 106 valence electrons. The van der Waals surface area contributed by atoms with E-state index in [1.807, 2.05) is 0 Å². The molecule has 0 aliphatic rings. The zero-order valence-corrected chi connectivity index (χ0v) is 11.7. The summed E-state index contributed by atoms with van der Waals surface area (Å²) < 4.78 is 0. The Morgan fingerprint density at radius 2 is 1.62 bits per heavy atom. The second kappa shape index (κ2) is 6.62. The third kappa shape index (κ3) is 3.87. The quantitative estimate of drug-likeness (QED) is 0.738. The molecule has 2 rings (SSSR count). The number of rotatable bonds is 2. The Morgan fingerprint density at radius 1 is 1.00 bits per heavy atom. The molecule has 6 heteroatoms. The molecule has 2 aromatic carbocycles. The van der Waals surface area contributed by atoms with E-state index in [0.717, 1.165) is 0 Å². The number of hydrogen-bond acceptors (Lipinski definition) is 4. The summed E-state index contributed by atoms with van der Waals surface area (Å²) in [6.07, 6.45) is 0. The zero-order valence-electron chi connectivity index (χ0n) is 10.9. The molecule has 1 amide bonds. The van der Waals surface area contributed by atoms with E-state index in [1.54, 1.807) is 36.4 Å². The number of carbonyl (C=O) groups is 1. The topological polar surface area (TPSA) is 78.4 Å². The van der Waals surface area contributed by atoms with Crippen molar-refractivity contribution in [2.24, 2.45) is 0 Å². The van der Waals surface area contributed by atoms with Gasteiger partial charge in [0.05, 0.1) is 5.69 Å². The van der Waals surface area contributed by atoms with Crippen molar-refractivity contribution in [2.75, 3.05) is 5.32 Å². The van der Waals surface area contributed by atoms with Crippen molar-refractivity contribution in [3.05, 3.63) is 70.4 Å². The van der Waals surface area contributed by atoms with Gasteiger partial charge in [-0.3, -0.25) is 14.9 Å². The van der Waals surface area contributed by atoms with Gasteiger partial charge in [0.25, 0.3) is 5.91 Å². The van der Waals surface area contributed by atoms with Crippen LogP contribution in [0, 0.1) is 0 Å². The van der Waals surface area contributed by atoms with Gasteiger partial charge in [-0.15, -0.1) is 0 Å². The fourth-order valence-corrected chi connectivity index (χ4v) is 1.81. The van der Waals surface area contributed by atoms with Crippen LogP contribution in [0.5, 0.6) is 5.75 Å². The lowest BCUT2D eigenvalue weighted by atomic mass is 10.2. The highest BCUT2D eigenvalue weighted by atomic mass is 32.1. The highest BCUT2D eigenvalue weighted by molar-refractivity contribution is 7.80. The van der Waals surface area contributed by atoms with E-state index < -0.39 is 11.2 Å². The van der Waals surface area contributed by atoms with Crippen LogP contribution in [-0.4, -0.2) is 16.1 Å². The fraction of sp³-hybridized carbons (Fsp3) is 0. The summed E-state index contributed by atoms with van der Waals surface area (Å²) in [5.74, 6) is -0.841. The van der Waals surface area contributed by atoms with Crippen LogP contribution >= 0.6 is 12.2 Å². The second-order valence-corrected chi connectivity index (χ2v) is 4.53. The van der Waals surface area contributed by atoms with E-state index in [-0.39, 0.29) is 16.7 Å². The van der Waals surface area contributed by atoms with E-state index >= 15 is 0 Å². The van der Waals surface area contributed by atoms with Gasteiger partial charge in [0, 0.05) is 5.56 Å². The third-order valence-corrected chi connectivity index (χ3v) is 2.83. The summed E-state index contributed by atoms with van der Waals surface area (Å²) in [6.45, 7) is 0. The van der Waals surface area contributed by atoms with Crippen molar-refractivity contribution >= 4 is 28.9 Å². The first-order valence-electron chi connectivity index (χ1n) is 6.07. The minimum atomic E-state index is -0.542. The smallest absolute Gasteiger partial charge is 0.257 e. The van der Waals surface area contributed by atoms with Gasteiger partial charge in [-0.1, -0.05) is 30.3 Å². The number of hydrogen-bond donors (Lipinski definition) is 3. The molecule has 0 aromatic heterocycles. The highest BCUT2D eigenvalue weighted by Crippen LogP contribution is 2.15. The Balaban J connectivity index is 2.10. The monoisotopic (exact) mass is 300 g/mol. The highest BCUT2D eigenvalue weighted by Gasteiger charge is 2.09. The number of anilines is 1.